The molecule has 0 bridgehead atoms. The molecule has 0 saturated carbocycles. The number of hydrogen-bond acceptors (Lipinski definition) is 8. The summed E-state index contributed by atoms with van der Waals surface area (Å²) >= 11 is 0. The lowest BCUT2D eigenvalue weighted by Crippen LogP contribution is -2.03. The van der Waals surface area contributed by atoms with Crippen LogP contribution in [0.5, 0.6) is 0 Å². The molecule has 2 heterocycles. The molecule has 0 fully saturated rings. The second-order valence-electron chi connectivity index (χ2n) is 7.44. The van der Waals surface area contributed by atoms with Crippen molar-refractivity contribution >= 4 is 23.2 Å². The lowest BCUT2D eigenvalue weighted by molar-refractivity contribution is 0.100. The Balaban J connectivity index is 1.72. The zero-order chi connectivity index (χ0) is 23.5. The molecule has 4 rings (SSSR count). The molecule has 3 N–H and O–H groups in total. The van der Waals surface area contributed by atoms with E-state index in [-0.39, 0.29) is 28.9 Å². The Morgan fingerprint density at radius 3 is 2.67 bits per heavy atom. The molecule has 0 unspecified atom stereocenters. The van der Waals surface area contributed by atoms with Crippen LogP contribution in [-0.2, 0) is 0 Å². The summed E-state index contributed by atoms with van der Waals surface area (Å²) in [5, 5.41) is 13.5. The van der Waals surface area contributed by atoms with Crippen molar-refractivity contribution in [2.24, 2.45) is 5.18 Å². The van der Waals surface area contributed by atoms with E-state index in [1.165, 1.54) is 6.07 Å². The van der Waals surface area contributed by atoms with Crippen molar-refractivity contribution in [2.75, 3.05) is 11.1 Å². The molecule has 0 spiro atoms. The van der Waals surface area contributed by atoms with E-state index in [2.05, 4.69) is 30.8 Å². The van der Waals surface area contributed by atoms with Crippen LogP contribution >= 0.6 is 0 Å². The van der Waals surface area contributed by atoms with Crippen LogP contribution in [0.25, 0.3) is 22.5 Å². The molecular weight excluding hydrogens is 427 g/mol. The van der Waals surface area contributed by atoms with Gasteiger partial charge in [-0.1, -0.05) is 23.4 Å². The number of aromatic nitrogens is 5. The number of nitrogens with one attached hydrogen (secondary N) is 1. The van der Waals surface area contributed by atoms with E-state index < -0.39 is 11.7 Å². The highest BCUT2D eigenvalue weighted by Gasteiger charge is 2.18. The molecule has 0 aliphatic carbocycles. The van der Waals surface area contributed by atoms with E-state index in [0.29, 0.717) is 22.5 Å². The third-order valence-electron chi connectivity index (χ3n) is 4.87. The minimum Gasteiger partial charge on any atom is -0.398 e. The van der Waals surface area contributed by atoms with Gasteiger partial charge in [-0.15, -0.1) is 10.0 Å². The van der Waals surface area contributed by atoms with Gasteiger partial charge in [-0.2, -0.15) is 0 Å². The van der Waals surface area contributed by atoms with E-state index in [4.69, 9.17) is 5.73 Å². The number of para-hydroxylation sites is 1. The highest BCUT2D eigenvalue weighted by molar-refractivity contribution is 6.03. The first-order chi connectivity index (χ1) is 15.9. The number of rotatable bonds is 6. The van der Waals surface area contributed by atoms with E-state index >= 15 is 0 Å². The number of nitroso groups, excluding NO2 is 1. The molecule has 166 valence electrons. The standard InChI is InChI=1S/C22H19FN8O2/c1-12(2)31-11-19(28-30-31)20-17(23)10-25-22(27-20)26-13-7-8-15(21(32)29-33)16(9-13)14-5-3-4-6-18(14)24/h3-12H,24H2,1-2H3,(H,25,26,27). The predicted octanol–water partition coefficient (Wildman–Crippen LogP) is 4.35. The molecule has 4 aromatic rings. The Labute approximate surface area is 187 Å². The van der Waals surface area contributed by atoms with Gasteiger partial charge < -0.3 is 11.1 Å². The van der Waals surface area contributed by atoms with Gasteiger partial charge in [0, 0.05) is 28.2 Å². The van der Waals surface area contributed by atoms with E-state index in [1.54, 1.807) is 47.3 Å². The Bertz CT molecular complexity index is 1350. The second kappa shape index (κ2) is 8.91. The van der Waals surface area contributed by atoms with Gasteiger partial charge in [-0.25, -0.2) is 19.0 Å². The Hall–Kier alpha value is -4.54. The first-order valence-electron chi connectivity index (χ1n) is 9.95. The maximum Gasteiger partial charge on any atom is 0.317 e. The molecule has 0 atom stereocenters. The first-order valence-corrected chi connectivity index (χ1v) is 9.95. The van der Waals surface area contributed by atoms with Gasteiger partial charge in [-0.3, -0.25) is 4.79 Å². The lowest BCUT2D eigenvalue weighted by atomic mass is 9.97. The van der Waals surface area contributed by atoms with Crippen molar-refractivity contribution in [2.45, 2.75) is 19.9 Å². The van der Waals surface area contributed by atoms with E-state index in [0.717, 1.165) is 6.20 Å². The summed E-state index contributed by atoms with van der Waals surface area (Å²) in [5.41, 5.74) is 8.29. The monoisotopic (exact) mass is 446 g/mol. The van der Waals surface area contributed by atoms with Crippen LogP contribution in [-0.4, -0.2) is 30.9 Å². The number of benzene rings is 2. The number of hydrogen-bond donors (Lipinski definition) is 2. The number of halogens is 1. The van der Waals surface area contributed by atoms with Crippen molar-refractivity contribution in [3.8, 4) is 22.5 Å². The number of nitrogens with zero attached hydrogens (tertiary/aromatic N) is 6. The highest BCUT2D eigenvalue weighted by Crippen LogP contribution is 2.32. The third-order valence-corrected chi connectivity index (χ3v) is 4.87. The molecule has 0 aliphatic rings. The minimum absolute atomic E-state index is 0.0103. The predicted molar refractivity (Wildman–Crippen MR) is 121 cm³/mol. The van der Waals surface area contributed by atoms with Gasteiger partial charge in [0.05, 0.1) is 18.0 Å². The molecule has 10 nitrogen and oxygen atoms in total. The van der Waals surface area contributed by atoms with Gasteiger partial charge in [-0.05, 0) is 43.7 Å². The molecule has 0 aliphatic heterocycles. The first kappa shape index (κ1) is 21.7. The number of nitrogen functional groups attached to an aromatic ring is 1. The van der Waals surface area contributed by atoms with Crippen molar-refractivity contribution < 1.29 is 9.18 Å². The van der Waals surface area contributed by atoms with E-state index in [9.17, 15) is 14.1 Å². The second-order valence-corrected chi connectivity index (χ2v) is 7.44. The van der Waals surface area contributed by atoms with Gasteiger partial charge in [0.15, 0.2) is 5.82 Å². The summed E-state index contributed by atoms with van der Waals surface area (Å²) in [4.78, 5) is 31.2. The van der Waals surface area contributed by atoms with Gasteiger partial charge in [0.25, 0.3) is 0 Å². The Morgan fingerprint density at radius 1 is 1.18 bits per heavy atom. The summed E-state index contributed by atoms with van der Waals surface area (Å²) < 4.78 is 16.0. The number of nitrogens with two attached hydrogens (primary N) is 1. The summed E-state index contributed by atoms with van der Waals surface area (Å²) in [5.74, 6) is -1.47. The fraction of sp³-hybridized carbons (Fsp3) is 0.136. The van der Waals surface area contributed by atoms with Crippen LogP contribution in [0, 0.1) is 10.7 Å². The quantitative estimate of drug-likeness (QED) is 0.329. The van der Waals surface area contributed by atoms with E-state index in [1.807, 2.05) is 13.8 Å². The number of amides is 1. The topological polar surface area (TPSA) is 141 Å². The van der Waals surface area contributed by atoms with Crippen LogP contribution in [0.3, 0.4) is 0 Å². The van der Waals surface area contributed by atoms with Crippen LogP contribution in [0.4, 0.5) is 21.7 Å². The fourth-order valence-corrected chi connectivity index (χ4v) is 3.20. The van der Waals surface area contributed by atoms with Crippen LogP contribution in [0.15, 0.2) is 60.0 Å². The van der Waals surface area contributed by atoms with Crippen molar-refractivity contribution in [1.29, 1.82) is 0 Å². The zero-order valence-electron chi connectivity index (χ0n) is 17.7. The van der Waals surface area contributed by atoms with Gasteiger partial charge in [0.1, 0.15) is 11.4 Å². The van der Waals surface area contributed by atoms with Crippen molar-refractivity contribution in [3.63, 3.8) is 0 Å². The van der Waals surface area contributed by atoms with Crippen molar-refractivity contribution in [3.05, 3.63) is 71.1 Å². The molecule has 0 saturated heterocycles. The summed E-state index contributed by atoms with van der Waals surface area (Å²) in [7, 11) is 0. The maximum atomic E-state index is 14.4. The molecule has 1 amide bonds. The number of carbonyl (C=O) groups excluding carboxylic acids is 1. The van der Waals surface area contributed by atoms with Crippen LogP contribution in [0.1, 0.15) is 30.2 Å². The van der Waals surface area contributed by atoms with Gasteiger partial charge in [0.2, 0.25) is 5.95 Å². The molecule has 11 heteroatoms. The third kappa shape index (κ3) is 4.42. The molecule has 2 aromatic carbocycles. The van der Waals surface area contributed by atoms with Crippen LogP contribution in [0.2, 0.25) is 0 Å². The fourth-order valence-electron chi connectivity index (χ4n) is 3.20. The summed E-state index contributed by atoms with van der Waals surface area (Å²) in [6, 6.07) is 11.6. The van der Waals surface area contributed by atoms with Gasteiger partial charge >= 0.3 is 5.91 Å². The minimum atomic E-state index is -0.923. The van der Waals surface area contributed by atoms with Crippen molar-refractivity contribution in [1.82, 2.24) is 25.0 Å². The zero-order valence-corrected chi connectivity index (χ0v) is 17.7. The average molecular weight is 446 g/mol. The Morgan fingerprint density at radius 2 is 1.97 bits per heavy atom. The summed E-state index contributed by atoms with van der Waals surface area (Å²) in [6.45, 7) is 3.85. The number of anilines is 3. The largest absolute Gasteiger partial charge is 0.398 e. The molecular formula is C22H19FN8O2. The highest BCUT2D eigenvalue weighted by atomic mass is 19.1. The van der Waals surface area contributed by atoms with Crippen LogP contribution < -0.4 is 11.1 Å². The smallest absolute Gasteiger partial charge is 0.317 e. The normalized spacial score (nSPS) is 10.9. The number of carbonyl (C=O) groups is 1. The SMILES string of the molecule is CC(C)n1cc(-c2nc(Nc3ccc(C(=O)N=O)c(-c4ccccc4N)c3)ncc2F)nn1. The molecule has 0 radical (unpaired) electrons. The average Bonchev–Trinajstić information content (AvgIpc) is 3.31. The molecule has 33 heavy (non-hydrogen) atoms. The Kier molecular flexibility index (Phi) is 5.85. The lowest BCUT2D eigenvalue weighted by Gasteiger charge is -2.12. The summed E-state index contributed by atoms with van der Waals surface area (Å²) in [6.07, 6.45) is 2.63. The maximum absolute atomic E-state index is 14.4. The molecule has 2 aromatic heterocycles.